The van der Waals surface area contributed by atoms with Gasteiger partial charge in [-0.15, -0.1) is 0 Å². The lowest BCUT2D eigenvalue weighted by Crippen LogP contribution is -1.95. The Morgan fingerprint density at radius 1 is 1.21 bits per heavy atom. The molecule has 3 aromatic rings. The second kappa shape index (κ2) is 4.47. The van der Waals surface area contributed by atoms with E-state index in [2.05, 4.69) is 4.98 Å². The topological polar surface area (TPSA) is 20.7 Å². The summed E-state index contributed by atoms with van der Waals surface area (Å²) in [5, 5.41) is 0.331. The summed E-state index contributed by atoms with van der Waals surface area (Å²) in [6, 6.07) is 10.3. The Bertz CT molecular complexity index is 835. The van der Waals surface area contributed by atoms with Crippen molar-refractivity contribution >= 4 is 34.9 Å². The maximum Gasteiger partial charge on any atom is 0.182 e. The van der Waals surface area contributed by atoms with Crippen molar-refractivity contribution in [2.75, 3.05) is 0 Å². The molecule has 0 aliphatic heterocycles. The molecule has 1 heterocycles. The lowest BCUT2D eigenvalue weighted by Gasteiger charge is -2.07. The lowest BCUT2D eigenvalue weighted by molar-refractivity contribution is 0.627. The number of nitrogens with one attached hydrogen (secondary N) is 1. The second-order valence-electron chi connectivity index (χ2n) is 4.38. The van der Waals surface area contributed by atoms with Crippen molar-refractivity contribution in [2.24, 2.45) is 0 Å². The number of aromatic amines is 1. The van der Waals surface area contributed by atoms with Crippen LogP contribution in [-0.4, -0.2) is 9.55 Å². The molecule has 2 nitrogen and oxygen atoms in total. The highest BCUT2D eigenvalue weighted by Crippen LogP contribution is 2.26. The molecule has 0 fully saturated rings. The molecule has 1 aromatic heterocycles. The number of nitrogens with zero attached hydrogens (tertiary/aromatic N) is 1. The minimum atomic E-state index is -0.365. The van der Waals surface area contributed by atoms with Crippen LogP contribution >= 0.6 is 23.8 Å². The molecule has 19 heavy (non-hydrogen) atoms. The van der Waals surface area contributed by atoms with Gasteiger partial charge in [-0.05, 0) is 55.0 Å². The van der Waals surface area contributed by atoms with Gasteiger partial charge >= 0.3 is 0 Å². The van der Waals surface area contributed by atoms with Crippen molar-refractivity contribution < 1.29 is 4.39 Å². The van der Waals surface area contributed by atoms with Crippen molar-refractivity contribution in [1.82, 2.24) is 9.55 Å². The van der Waals surface area contributed by atoms with Crippen LogP contribution in [0.4, 0.5) is 4.39 Å². The molecule has 2 aromatic carbocycles. The third-order valence-electron chi connectivity index (χ3n) is 2.99. The number of aromatic nitrogens is 2. The highest BCUT2D eigenvalue weighted by Gasteiger charge is 2.10. The normalized spacial score (nSPS) is 11.1. The first kappa shape index (κ1) is 12.4. The van der Waals surface area contributed by atoms with E-state index in [0.717, 1.165) is 16.6 Å². The first-order valence-corrected chi connectivity index (χ1v) is 6.52. The molecule has 0 aliphatic carbocycles. The molecule has 1 N–H and O–H groups in total. The average molecular weight is 293 g/mol. The summed E-state index contributed by atoms with van der Waals surface area (Å²) < 4.78 is 15.5. The van der Waals surface area contributed by atoms with Gasteiger partial charge in [0.15, 0.2) is 4.77 Å². The first-order chi connectivity index (χ1) is 9.06. The van der Waals surface area contributed by atoms with Crippen molar-refractivity contribution in [2.45, 2.75) is 6.92 Å². The van der Waals surface area contributed by atoms with Gasteiger partial charge in [-0.3, -0.25) is 4.57 Å². The Kier molecular flexibility index (Phi) is 2.92. The zero-order chi connectivity index (χ0) is 13.6. The Balaban J connectivity index is 2.36. The molecular weight excluding hydrogens is 283 g/mol. The number of hydrogen-bond acceptors (Lipinski definition) is 1. The van der Waals surface area contributed by atoms with E-state index in [4.69, 9.17) is 23.8 Å². The molecule has 3 rings (SSSR count). The van der Waals surface area contributed by atoms with Crippen LogP contribution in [0.2, 0.25) is 5.02 Å². The van der Waals surface area contributed by atoms with Gasteiger partial charge in [0.25, 0.3) is 0 Å². The van der Waals surface area contributed by atoms with Gasteiger partial charge in [0.2, 0.25) is 0 Å². The molecule has 0 spiro atoms. The van der Waals surface area contributed by atoms with Gasteiger partial charge in [0.05, 0.1) is 21.7 Å². The first-order valence-electron chi connectivity index (χ1n) is 5.73. The Hall–Kier alpha value is -1.65. The Labute approximate surface area is 119 Å². The smallest absolute Gasteiger partial charge is 0.182 e. The second-order valence-corrected chi connectivity index (χ2v) is 5.18. The highest BCUT2D eigenvalue weighted by atomic mass is 35.5. The fourth-order valence-corrected chi connectivity index (χ4v) is 2.69. The van der Waals surface area contributed by atoms with Crippen molar-refractivity contribution in [3.63, 3.8) is 0 Å². The largest absolute Gasteiger partial charge is 0.330 e. The van der Waals surface area contributed by atoms with Gasteiger partial charge in [0.1, 0.15) is 5.82 Å². The molecule has 0 bridgehead atoms. The summed E-state index contributed by atoms with van der Waals surface area (Å²) in [5.74, 6) is -0.365. The number of aryl methyl sites for hydroxylation is 1. The van der Waals surface area contributed by atoms with Gasteiger partial charge in [0, 0.05) is 0 Å². The summed E-state index contributed by atoms with van der Waals surface area (Å²) in [7, 11) is 0. The number of hydrogen-bond donors (Lipinski definition) is 1. The highest BCUT2D eigenvalue weighted by molar-refractivity contribution is 7.71. The summed E-state index contributed by atoms with van der Waals surface area (Å²) in [6.07, 6.45) is 0. The summed E-state index contributed by atoms with van der Waals surface area (Å²) in [4.78, 5) is 3.13. The lowest BCUT2D eigenvalue weighted by atomic mass is 10.2. The maximum atomic E-state index is 13.1. The summed E-state index contributed by atoms with van der Waals surface area (Å²) in [5.41, 5.74) is 3.67. The van der Waals surface area contributed by atoms with Crippen LogP contribution in [0.5, 0.6) is 0 Å². The predicted molar refractivity (Wildman–Crippen MR) is 78.2 cm³/mol. The number of benzene rings is 2. The molecule has 0 atom stereocenters. The summed E-state index contributed by atoms with van der Waals surface area (Å²) in [6.45, 7) is 2.01. The van der Waals surface area contributed by atoms with Crippen LogP contribution in [0.3, 0.4) is 0 Å². The van der Waals surface area contributed by atoms with Crippen LogP contribution in [0.25, 0.3) is 16.7 Å². The molecule has 96 valence electrons. The van der Waals surface area contributed by atoms with E-state index in [1.807, 2.05) is 29.7 Å². The molecule has 0 amide bonds. The molecular formula is C14H10ClFN2S. The number of imidazole rings is 1. The van der Waals surface area contributed by atoms with Crippen LogP contribution in [0, 0.1) is 17.5 Å². The number of halogens is 2. The number of rotatable bonds is 1. The van der Waals surface area contributed by atoms with E-state index in [1.165, 1.54) is 12.1 Å². The van der Waals surface area contributed by atoms with Crippen LogP contribution in [-0.2, 0) is 0 Å². The molecule has 0 radical (unpaired) electrons. The van der Waals surface area contributed by atoms with Crippen LogP contribution in [0.1, 0.15) is 5.56 Å². The van der Waals surface area contributed by atoms with Gasteiger partial charge in [-0.2, -0.15) is 0 Å². The van der Waals surface area contributed by atoms with E-state index >= 15 is 0 Å². The molecule has 5 heteroatoms. The van der Waals surface area contributed by atoms with E-state index in [9.17, 15) is 4.39 Å². The van der Waals surface area contributed by atoms with E-state index in [-0.39, 0.29) is 5.82 Å². The molecule has 0 saturated heterocycles. The van der Waals surface area contributed by atoms with Crippen LogP contribution in [0.15, 0.2) is 36.4 Å². The van der Waals surface area contributed by atoms with Gasteiger partial charge in [-0.25, -0.2) is 4.39 Å². The zero-order valence-electron chi connectivity index (χ0n) is 10.1. The quantitative estimate of drug-likeness (QED) is 0.640. The van der Waals surface area contributed by atoms with Crippen LogP contribution < -0.4 is 0 Å². The third kappa shape index (κ3) is 2.07. The third-order valence-corrected chi connectivity index (χ3v) is 3.58. The maximum absolute atomic E-state index is 13.1. The zero-order valence-corrected chi connectivity index (χ0v) is 11.6. The minimum Gasteiger partial charge on any atom is -0.330 e. The SMILES string of the molecule is Cc1ccc2c(c1)[nH]c(=S)n2-c1ccc(F)cc1Cl. The fraction of sp³-hybridized carbons (Fsp3) is 0.0714. The summed E-state index contributed by atoms with van der Waals surface area (Å²) >= 11 is 11.4. The average Bonchev–Trinajstić information content (AvgIpc) is 2.65. The number of H-pyrrole nitrogens is 1. The Morgan fingerprint density at radius 2 is 2.00 bits per heavy atom. The fourth-order valence-electron chi connectivity index (χ4n) is 2.13. The molecule has 0 saturated carbocycles. The Morgan fingerprint density at radius 3 is 2.74 bits per heavy atom. The molecule has 0 unspecified atom stereocenters. The van der Waals surface area contributed by atoms with Crippen molar-refractivity contribution in [3.8, 4) is 5.69 Å². The van der Waals surface area contributed by atoms with Crippen molar-refractivity contribution in [1.29, 1.82) is 0 Å². The predicted octanol–water partition coefficient (Wildman–Crippen LogP) is 4.79. The number of fused-ring (bicyclic) bond motifs is 1. The van der Waals surface area contributed by atoms with E-state index < -0.39 is 0 Å². The van der Waals surface area contributed by atoms with Gasteiger partial charge < -0.3 is 4.98 Å². The van der Waals surface area contributed by atoms with E-state index in [1.54, 1.807) is 6.07 Å². The minimum absolute atomic E-state index is 0.331. The van der Waals surface area contributed by atoms with Gasteiger partial charge in [-0.1, -0.05) is 17.7 Å². The van der Waals surface area contributed by atoms with E-state index in [0.29, 0.717) is 15.5 Å². The van der Waals surface area contributed by atoms with Crippen molar-refractivity contribution in [3.05, 3.63) is 57.6 Å². The standard InChI is InChI=1S/C14H10ClFN2S/c1-8-2-4-13-11(6-8)17-14(19)18(13)12-5-3-9(16)7-10(12)15/h2-7H,1H3,(H,17,19). The monoisotopic (exact) mass is 292 g/mol. The molecule has 0 aliphatic rings.